The van der Waals surface area contributed by atoms with Crippen molar-refractivity contribution in [2.45, 2.75) is 83.4 Å². The lowest BCUT2D eigenvalue weighted by Gasteiger charge is -2.03. The monoisotopic (exact) mass is 218 g/mol. The third kappa shape index (κ3) is 12.3. The van der Waals surface area contributed by atoms with Crippen LogP contribution in [0.4, 0.5) is 0 Å². The van der Waals surface area contributed by atoms with Crippen LogP contribution >= 0.6 is 11.6 Å². The highest BCUT2D eigenvalue weighted by molar-refractivity contribution is 6.20. The summed E-state index contributed by atoms with van der Waals surface area (Å²) in [6.07, 6.45) is 13.8. The molecule has 0 nitrogen and oxygen atoms in total. The van der Waals surface area contributed by atoms with Gasteiger partial charge in [0, 0.05) is 5.38 Å². The highest BCUT2D eigenvalue weighted by Gasteiger charge is 1.96. The van der Waals surface area contributed by atoms with E-state index in [9.17, 15) is 0 Å². The summed E-state index contributed by atoms with van der Waals surface area (Å²) in [6.45, 7) is 4.36. The van der Waals surface area contributed by atoms with Gasteiger partial charge >= 0.3 is 0 Å². The predicted octanol–water partition coefficient (Wildman–Crippen LogP) is 5.53. The van der Waals surface area contributed by atoms with Gasteiger partial charge in [0.1, 0.15) is 0 Å². The van der Waals surface area contributed by atoms with Crippen molar-refractivity contribution in [3.05, 3.63) is 0 Å². The smallest absolute Gasteiger partial charge is 0.0307 e. The van der Waals surface area contributed by atoms with Gasteiger partial charge in [-0.1, -0.05) is 64.7 Å². The van der Waals surface area contributed by atoms with Crippen LogP contribution in [0, 0.1) is 0 Å². The fraction of sp³-hybridized carbons (Fsp3) is 1.00. The molecule has 0 saturated carbocycles. The van der Waals surface area contributed by atoms with Gasteiger partial charge in [0.05, 0.1) is 0 Å². The largest absolute Gasteiger partial charge is 0.123 e. The molecule has 0 aromatic rings. The number of hydrogen-bond donors (Lipinski definition) is 0. The molecule has 0 N–H and O–H groups in total. The Morgan fingerprint density at radius 3 is 1.64 bits per heavy atom. The molecule has 1 unspecified atom stereocenters. The van der Waals surface area contributed by atoms with Gasteiger partial charge in [0.25, 0.3) is 0 Å². The Balaban J connectivity index is 2.85. The SMILES string of the molecule is CCCCCCCCCCCC(C)Cl. The zero-order valence-corrected chi connectivity index (χ0v) is 10.8. The van der Waals surface area contributed by atoms with E-state index in [2.05, 4.69) is 13.8 Å². The first-order valence-corrected chi connectivity index (χ1v) is 6.85. The lowest BCUT2D eigenvalue weighted by atomic mass is 10.1. The van der Waals surface area contributed by atoms with Crippen LogP contribution in [0.1, 0.15) is 78.1 Å². The molecule has 0 radical (unpaired) electrons. The fourth-order valence-corrected chi connectivity index (χ4v) is 1.89. The van der Waals surface area contributed by atoms with E-state index in [0.29, 0.717) is 5.38 Å². The summed E-state index contributed by atoms with van der Waals surface area (Å²) in [5, 5.41) is 0.375. The minimum atomic E-state index is 0.375. The van der Waals surface area contributed by atoms with Crippen molar-refractivity contribution < 1.29 is 0 Å². The number of unbranched alkanes of at least 4 members (excludes halogenated alkanes) is 8. The molecule has 0 aliphatic rings. The van der Waals surface area contributed by atoms with E-state index < -0.39 is 0 Å². The fourth-order valence-electron chi connectivity index (χ4n) is 1.74. The van der Waals surface area contributed by atoms with Gasteiger partial charge in [-0.05, 0) is 13.3 Å². The number of hydrogen-bond acceptors (Lipinski definition) is 0. The van der Waals surface area contributed by atoms with E-state index in [0.717, 1.165) is 0 Å². The van der Waals surface area contributed by atoms with Crippen LogP contribution in [-0.2, 0) is 0 Å². The van der Waals surface area contributed by atoms with Gasteiger partial charge in [0.15, 0.2) is 0 Å². The topological polar surface area (TPSA) is 0 Å². The molecule has 0 saturated heterocycles. The molecular weight excluding hydrogens is 192 g/mol. The van der Waals surface area contributed by atoms with Crippen molar-refractivity contribution in [2.75, 3.05) is 0 Å². The first kappa shape index (κ1) is 14.3. The molecule has 0 fully saturated rings. The molecule has 0 aliphatic heterocycles. The molecule has 86 valence electrons. The second-order valence-corrected chi connectivity index (χ2v) is 5.14. The summed E-state index contributed by atoms with van der Waals surface area (Å²) in [4.78, 5) is 0. The van der Waals surface area contributed by atoms with Crippen LogP contribution in [0.3, 0.4) is 0 Å². The van der Waals surface area contributed by atoms with E-state index in [4.69, 9.17) is 11.6 Å². The Labute approximate surface area is 95.4 Å². The molecule has 1 heteroatoms. The molecule has 0 spiro atoms. The summed E-state index contributed by atoms with van der Waals surface area (Å²) in [5.74, 6) is 0. The highest BCUT2D eigenvalue weighted by atomic mass is 35.5. The molecule has 0 heterocycles. The number of halogens is 1. The van der Waals surface area contributed by atoms with Crippen molar-refractivity contribution in [3.63, 3.8) is 0 Å². The van der Waals surface area contributed by atoms with Crippen LogP contribution in [0.5, 0.6) is 0 Å². The summed E-state index contributed by atoms with van der Waals surface area (Å²) in [7, 11) is 0. The van der Waals surface area contributed by atoms with Gasteiger partial charge in [0.2, 0.25) is 0 Å². The van der Waals surface area contributed by atoms with Crippen LogP contribution < -0.4 is 0 Å². The van der Waals surface area contributed by atoms with Gasteiger partial charge in [-0.3, -0.25) is 0 Å². The average Bonchev–Trinajstić information content (AvgIpc) is 2.15. The minimum Gasteiger partial charge on any atom is -0.123 e. The Bertz CT molecular complexity index is 99.4. The molecular formula is C13H27Cl. The predicted molar refractivity (Wildman–Crippen MR) is 67.2 cm³/mol. The first-order chi connectivity index (χ1) is 6.77. The average molecular weight is 219 g/mol. The van der Waals surface area contributed by atoms with E-state index in [1.807, 2.05) is 0 Å². The van der Waals surface area contributed by atoms with Crippen molar-refractivity contribution in [1.29, 1.82) is 0 Å². The van der Waals surface area contributed by atoms with Crippen LogP contribution in [0.25, 0.3) is 0 Å². The van der Waals surface area contributed by atoms with Crippen molar-refractivity contribution >= 4 is 11.6 Å². The van der Waals surface area contributed by atoms with E-state index in [-0.39, 0.29) is 0 Å². The molecule has 0 bridgehead atoms. The Kier molecular flexibility index (Phi) is 11.6. The van der Waals surface area contributed by atoms with Crippen molar-refractivity contribution in [2.24, 2.45) is 0 Å². The molecule has 0 aromatic heterocycles. The molecule has 1 atom stereocenters. The summed E-state index contributed by atoms with van der Waals surface area (Å²) in [6, 6.07) is 0. The van der Waals surface area contributed by atoms with Gasteiger partial charge in [-0.15, -0.1) is 11.6 Å². The highest BCUT2D eigenvalue weighted by Crippen LogP contribution is 2.12. The minimum absolute atomic E-state index is 0.375. The quantitative estimate of drug-likeness (QED) is 0.334. The van der Waals surface area contributed by atoms with Gasteiger partial charge in [-0.2, -0.15) is 0 Å². The number of rotatable bonds is 10. The van der Waals surface area contributed by atoms with Crippen molar-refractivity contribution in [3.8, 4) is 0 Å². The second-order valence-electron chi connectivity index (χ2n) is 4.40. The maximum atomic E-state index is 5.88. The van der Waals surface area contributed by atoms with Crippen LogP contribution in [-0.4, -0.2) is 5.38 Å². The third-order valence-corrected chi connectivity index (χ3v) is 2.92. The molecule has 0 aromatic carbocycles. The Hall–Kier alpha value is 0.290. The lowest BCUT2D eigenvalue weighted by molar-refractivity contribution is 0.555. The van der Waals surface area contributed by atoms with Crippen LogP contribution in [0.15, 0.2) is 0 Å². The molecule has 0 amide bonds. The van der Waals surface area contributed by atoms with Crippen molar-refractivity contribution in [1.82, 2.24) is 0 Å². The van der Waals surface area contributed by atoms with Gasteiger partial charge < -0.3 is 0 Å². The standard InChI is InChI=1S/C13H27Cl/c1-3-4-5-6-7-8-9-10-11-12-13(2)14/h13H,3-12H2,1-2H3. The van der Waals surface area contributed by atoms with E-state index in [1.54, 1.807) is 0 Å². The molecule has 0 rings (SSSR count). The van der Waals surface area contributed by atoms with E-state index in [1.165, 1.54) is 64.2 Å². The number of alkyl halides is 1. The third-order valence-electron chi connectivity index (χ3n) is 2.71. The molecule has 14 heavy (non-hydrogen) atoms. The second kappa shape index (κ2) is 11.4. The maximum Gasteiger partial charge on any atom is 0.0307 e. The van der Waals surface area contributed by atoms with Gasteiger partial charge in [-0.25, -0.2) is 0 Å². The summed E-state index contributed by atoms with van der Waals surface area (Å²) >= 11 is 5.88. The Morgan fingerprint density at radius 1 is 0.786 bits per heavy atom. The Morgan fingerprint density at radius 2 is 1.21 bits per heavy atom. The van der Waals surface area contributed by atoms with Crippen LogP contribution in [0.2, 0.25) is 0 Å². The summed E-state index contributed by atoms with van der Waals surface area (Å²) in [5.41, 5.74) is 0. The summed E-state index contributed by atoms with van der Waals surface area (Å²) < 4.78 is 0. The molecule has 0 aliphatic carbocycles. The lowest BCUT2D eigenvalue weighted by Crippen LogP contribution is -1.90. The maximum absolute atomic E-state index is 5.88. The van der Waals surface area contributed by atoms with E-state index >= 15 is 0 Å². The normalized spacial score (nSPS) is 13.1. The first-order valence-electron chi connectivity index (χ1n) is 6.41. The zero-order chi connectivity index (χ0) is 10.6. The zero-order valence-electron chi connectivity index (χ0n) is 10.0.